The molecule has 148 valence electrons. The Balaban J connectivity index is 2.21. The topological polar surface area (TPSA) is 174 Å². The highest BCUT2D eigenvalue weighted by Crippen LogP contribution is 2.27. The van der Waals surface area contributed by atoms with Crippen molar-refractivity contribution in [1.82, 2.24) is 20.5 Å². The Hall–Kier alpha value is -2.88. The molecule has 0 unspecified atom stereocenters. The number of aliphatic imine (C=N–C) groups is 1. The molecule has 0 spiro atoms. The molecule has 0 aliphatic carbocycles. The van der Waals surface area contributed by atoms with Crippen LogP contribution in [0.3, 0.4) is 0 Å². The van der Waals surface area contributed by atoms with Crippen LogP contribution in [-0.4, -0.2) is 50.0 Å². The third kappa shape index (κ3) is 5.55. The van der Waals surface area contributed by atoms with Gasteiger partial charge in [-0.05, 0) is 10.3 Å². The van der Waals surface area contributed by atoms with Crippen LogP contribution in [0.2, 0.25) is 0 Å². The second kappa shape index (κ2) is 8.67. The summed E-state index contributed by atoms with van der Waals surface area (Å²) in [6.45, 7) is -0.415. The maximum absolute atomic E-state index is 13.7. The maximum atomic E-state index is 13.7. The predicted molar refractivity (Wildman–Crippen MR) is 84.9 cm³/mol. The molecule has 1 aromatic heterocycles. The van der Waals surface area contributed by atoms with Crippen LogP contribution in [0.15, 0.2) is 21.8 Å². The second-order valence-electron chi connectivity index (χ2n) is 4.72. The largest absolute Gasteiger partial charge is 0.491 e. The summed E-state index contributed by atoms with van der Waals surface area (Å²) in [5.74, 6) is -3.31. The molecule has 1 heterocycles. The minimum Gasteiger partial charge on any atom is -0.491 e. The standard InChI is InChI=1S/C12H14F2N6O6S/c1-24-10-7(13)4-6(5-8(10)14)17-11(18-21)9-12(20-26-19-9)25-3-2-16-27(15,22)23/h4-5,16,21H,2-3H2,1H3,(H,17,18)(H2,15,22,23). The van der Waals surface area contributed by atoms with Crippen LogP contribution in [0.5, 0.6) is 11.6 Å². The number of methoxy groups -OCH3 is 1. The number of hydrogen-bond acceptors (Lipinski definition) is 9. The number of nitrogens with zero attached hydrogens (tertiary/aromatic N) is 3. The van der Waals surface area contributed by atoms with E-state index in [1.54, 1.807) is 5.48 Å². The summed E-state index contributed by atoms with van der Waals surface area (Å²) >= 11 is 0. The van der Waals surface area contributed by atoms with Gasteiger partial charge in [-0.2, -0.15) is 13.1 Å². The van der Waals surface area contributed by atoms with E-state index in [1.165, 1.54) is 0 Å². The van der Waals surface area contributed by atoms with Gasteiger partial charge in [0.05, 0.1) is 12.8 Å². The highest BCUT2D eigenvalue weighted by Gasteiger charge is 2.19. The molecule has 0 saturated carbocycles. The number of nitrogens with two attached hydrogens (primary N) is 1. The van der Waals surface area contributed by atoms with Crippen LogP contribution in [0.4, 0.5) is 14.5 Å². The highest BCUT2D eigenvalue weighted by molar-refractivity contribution is 7.87. The Morgan fingerprint density at radius 2 is 2.04 bits per heavy atom. The number of amidine groups is 1. The highest BCUT2D eigenvalue weighted by atomic mass is 32.2. The van der Waals surface area contributed by atoms with Crippen LogP contribution in [-0.2, 0) is 10.2 Å². The molecule has 0 aliphatic rings. The smallest absolute Gasteiger partial charge is 0.287 e. The first-order valence-electron chi connectivity index (χ1n) is 7.00. The molecule has 2 aromatic rings. The molecule has 0 radical (unpaired) electrons. The summed E-state index contributed by atoms with van der Waals surface area (Å²) in [5, 5.41) is 20.8. The number of ether oxygens (including phenoxy) is 2. The van der Waals surface area contributed by atoms with Gasteiger partial charge >= 0.3 is 0 Å². The molecule has 0 aliphatic heterocycles. The molecule has 15 heteroatoms. The van der Waals surface area contributed by atoms with Crippen molar-refractivity contribution in [1.29, 1.82) is 0 Å². The van der Waals surface area contributed by atoms with E-state index in [0.29, 0.717) is 0 Å². The normalized spacial score (nSPS) is 12.1. The molecule has 0 fully saturated rings. The van der Waals surface area contributed by atoms with E-state index in [9.17, 15) is 22.4 Å². The fourth-order valence-corrected chi connectivity index (χ4v) is 2.19. The molecule has 0 saturated heterocycles. The van der Waals surface area contributed by atoms with Gasteiger partial charge in [-0.25, -0.2) is 23.5 Å². The van der Waals surface area contributed by atoms with E-state index in [0.717, 1.165) is 19.2 Å². The number of hydrogen-bond donors (Lipinski definition) is 4. The lowest BCUT2D eigenvalue weighted by atomic mass is 10.2. The monoisotopic (exact) mass is 408 g/mol. The summed E-state index contributed by atoms with van der Waals surface area (Å²) in [5.41, 5.74) is 1.20. The Kier molecular flexibility index (Phi) is 6.56. The molecule has 27 heavy (non-hydrogen) atoms. The lowest BCUT2D eigenvalue weighted by Gasteiger charge is -2.07. The Labute approximate surface area is 151 Å². The van der Waals surface area contributed by atoms with Gasteiger partial charge in [-0.15, -0.1) is 0 Å². The van der Waals surface area contributed by atoms with Crippen molar-refractivity contribution in [3.63, 3.8) is 0 Å². The van der Waals surface area contributed by atoms with Crippen molar-refractivity contribution in [3.05, 3.63) is 29.5 Å². The van der Waals surface area contributed by atoms with Crippen LogP contribution >= 0.6 is 0 Å². The van der Waals surface area contributed by atoms with Crippen molar-refractivity contribution in [2.45, 2.75) is 0 Å². The number of nitrogens with one attached hydrogen (secondary N) is 2. The fraction of sp³-hybridized carbons (Fsp3) is 0.250. The quantitative estimate of drug-likeness (QED) is 0.196. The number of aromatic nitrogens is 2. The number of halogens is 2. The third-order valence-electron chi connectivity index (χ3n) is 2.86. The maximum Gasteiger partial charge on any atom is 0.287 e. The van der Waals surface area contributed by atoms with Gasteiger partial charge in [-0.3, -0.25) is 10.7 Å². The van der Waals surface area contributed by atoms with Crippen molar-refractivity contribution in [2.24, 2.45) is 10.1 Å². The SMILES string of the molecule is COc1c(F)cc(N=C(NO)c2nonc2OCCNS(N)(=O)=O)cc1F. The molecular weight excluding hydrogens is 394 g/mol. The first kappa shape index (κ1) is 20.4. The summed E-state index contributed by atoms with van der Waals surface area (Å²) in [6, 6.07) is 1.70. The Morgan fingerprint density at radius 1 is 1.37 bits per heavy atom. The lowest BCUT2D eigenvalue weighted by molar-refractivity contribution is 0.233. The van der Waals surface area contributed by atoms with E-state index in [-0.39, 0.29) is 30.4 Å². The molecule has 0 bridgehead atoms. The van der Waals surface area contributed by atoms with Crippen LogP contribution in [0, 0.1) is 11.6 Å². The molecule has 12 nitrogen and oxygen atoms in total. The first-order valence-corrected chi connectivity index (χ1v) is 8.54. The van der Waals surface area contributed by atoms with E-state index < -0.39 is 33.4 Å². The summed E-state index contributed by atoms with van der Waals surface area (Å²) in [7, 11) is -2.80. The van der Waals surface area contributed by atoms with Crippen molar-refractivity contribution >= 4 is 21.7 Å². The molecule has 0 atom stereocenters. The van der Waals surface area contributed by atoms with Crippen LogP contribution in [0.1, 0.15) is 5.69 Å². The fourth-order valence-electron chi connectivity index (χ4n) is 1.82. The molecular formula is C12H14F2N6O6S. The van der Waals surface area contributed by atoms with E-state index in [4.69, 9.17) is 9.88 Å². The lowest BCUT2D eigenvalue weighted by Crippen LogP contribution is -2.34. The predicted octanol–water partition coefficient (Wildman–Crippen LogP) is -0.415. The van der Waals surface area contributed by atoms with Gasteiger partial charge in [0, 0.05) is 18.7 Å². The summed E-state index contributed by atoms with van der Waals surface area (Å²) < 4.78 is 65.1. The van der Waals surface area contributed by atoms with E-state index in [1.807, 2.05) is 4.72 Å². The summed E-state index contributed by atoms with van der Waals surface area (Å²) in [6.07, 6.45) is 0. The van der Waals surface area contributed by atoms with Crippen LogP contribution in [0.25, 0.3) is 0 Å². The van der Waals surface area contributed by atoms with Gasteiger partial charge < -0.3 is 9.47 Å². The van der Waals surface area contributed by atoms with Gasteiger partial charge in [0.25, 0.3) is 16.1 Å². The van der Waals surface area contributed by atoms with Crippen molar-refractivity contribution in [2.75, 3.05) is 20.3 Å². The number of hydroxylamine groups is 1. The van der Waals surface area contributed by atoms with Crippen molar-refractivity contribution in [3.8, 4) is 11.6 Å². The minimum atomic E-state index is -3.90. The minimum absolute atomic E-state index is 0.195. The van der Waals surface area contributed by atoms with E-state index >= 15 is 0 Å². The van der Waals surface area contributed by atoms with Gasteiger partial charge in [0.1, 0.15) is 6.61 Å². The molecule has 1 aromatic carbocycles. The van der Waals surface area contributed by atoms with Gasteiger partial charge in [0.15, 0.2) is 23.2 Å². The molecule has 5 N–H and O–H groups in total. The number of rotatable bonds is 8. The number of benzene rings is 1. The summed E-state index contributed by atoms with van der Waals surface area (Å²) in [4.78, 5) is 3.79. The average molecular weight is 408 g/mol. The first-order chi connectivity index (χ1) is 12.7. The Bertz CT molecular complexity index is 911. The molecule has 2 rings (SSSR count). The second-order valence-corrected chi connectivity index (χ2v) is 6.10. The van der Waals surface area contributed by atoms with E-state index in [2.05, 4.69) is 24.7 Å². The zero-order valence-electron chi connectivity index (χ0n) is 13.6. The van der Waals surface area contributed by atoms with Gasteiger partial charge in [0.2, 0.25) is 5.69 Å². The Morgan fingerprint density at radius 3 is 2.59 bits per heavy atom. The third-order valence-corrected chi connectivity index (χ3v) is 3.47. The molecule has 0 amide bonds. The zero-order chi connectivity index (χ0) is 20.0. The van der Waals surface area contributed by atoms with Crippen LogP contribution < -0.4 is 24.8 Å². The van der Waals surface area contributed by atoms with Gasteiger partial charge in [-0.1, -0.05) is 0 Å². The van der Waals surface area contributed by atoms with Crippen molar-refractivity contribution < 1.29 is 36.5 Å². The average Bonchev–Trinajstić information content (AvgIpc) is 3.04. The zero-order valence-corrected chi connectivity index (χ0v) is 14.5.